The van der Waals surface area contributed by atoms with Crippen LogP contribution in [0.5, 0.6) is 0 Å². The second-order valence-corrected chi connectivity index (χ2v) is 10.0. The number of rotatable bonds is 12. The van der Waals surface area contributed by atoms with Gasteiger partial charge in [-0.05, 0) is 63.4 Å². The number of anilines is 1. The van der Waals surface area contributed by atoms with Crippen molar-refractivity contribution in [1.29, 1.82) is 0 Å². The van der Waals surface area contributed by atoms with E-state index in [1.54, 1.807) is 16.9 Å². The van der Waals surface area contributed by atoms with E-state index in [1.165, 1.54) is 17.1 Å². The monoisotopic (exact) mass is 522 g/mol. The van der Waals surface area contributed by atoms with Crippen LogP contribution in [0.25, 0.3) is 0 Å². The summed E-state index contributed by atoms with van der Waals surface area (Å²) in [6, 6.07) is 0.876. The second kappa shape index (κ2) is 10.9. The number of halogens is 3. The van der Waals surface area contributed by atoms with E-state index in [0.717, 1.165) is 31.9 Å². The number of nitrogens with one attached hydrogen (secondary N) is 3. The molecule has 202 valence electrons. The summed E-state index contributed by atoms with van der Waals surface area (Å²) in [4.78, 5) is 26.7. The molecule has 2 aromatic rings. The Morgan fingerprint density at radius 1 is 1.19 bits per heavy atom. The van der Waals surface area contributed by atoms with Gasteiger partial charge in [0.1, 0.15) is 18.3 Å². The molecule has 2 amide bonds. The molecular formula is C24H33F3N8O2. The van der Waals surface area contributed by atoms with Gasteiger partial charge >= 0.3 is 6.18 Å². The SMILES string of the molecule is CC(C)n1nccc1C(=O)NC(C(=O)Nc1cnn(C/C(=C/N)NCC(F)(F)F)c1)C(C1CC1)C1CC1. The van der Waals surface area contributed by atoms with Crippen LogP contribution in [0.15, 0.2) is 36.6 Å². The Morgan fingerprint density at radius 2 is 1.86 bits per heavy atom. The van der Waals surface area contributed by atoms with Crippen molar-refractivity contribution >= 4 is 17.5 Å². The fourth-order valence-electron chi connectivity index (χ4n) is 4.64. The number of alkyl halides is 3. The summed E-state index contributed by atoms with van der Waals surface area (Å²) in [6.07, 6.45) is 5.26. The lowest BCUT2D eigenvalue weighted by atomic mass is 9.88. The summed E-state index contributed by atoms with van der Waals surface area (Å²) in [5, 5.41) is 16.4. The van der Waals surface area contributed by atoms with Gasteiger partial charge in [0, 0.05) is 30.3 Å². The number of nitrogens with two attached hydrogens (primary N) is 1. The number of hydrogen-bond acceptors (Lipinski definition) is 6. The Balaban J connectivity index is 1.46. The number of carbonyl (C=O) groups is 2. The lowest BCUT2D eigenvalue weighted by Crippen LogP contribution is -2.50. The summed E-state index contributed by atoms with van der Waals surface area (Å²) < 4.78 is 40.5. The van der Waals surface area contributed by atoms with E-state index >= 15 is 0 Å². The van der Waals surface area contributed by atoms with Crippen molar-refractivity contribution in [3.05, 3.63) is 42.2 Å². The topological polar surface area (TPSA) is 132 Å². The minimum atomic E-state index is -4.39. The second-order valence-electron chi connectivity index (χ2n) is 10.0. The summed E-state index contributed by atoms with van der Waals surface area (Å²) in [6.45, 7) is 2.59. The van der Waals surface area contributed by atoms with Crippen LogP contribution in [0, 0.1) is 17.8 Å². The van der Waals surface area contributed by atoms with Gasteiger partial charge in [-0.1, -0.05) is 0 Å². The maximum absolute atomic E-state index is 13.5. The number of allylic oxidation sites excluding steroid dienone is 1. The highest BCUT2D eigenvalue weighted by atomic mass is 19.4. The molecule has 0 aromatic carbocycles. The van der Waals surface area contributed by atoms with Crippen molar-refractivity contribution in [1.82, 2.24) is 30.2 Å². The molecule has 0 aliphatic heterocycles. The van der Waals surface area contributed by atoms with Gasteiger partial charge in [0.15, 0.2) is 0 Å². The lowest BCUT2D eigenvalue weighted by Gasteiger charge is -2.27. The van der Waals surface area contributed by atoms with Crippen LogP contribution in [0.4, 0.5) is 18.9 Å². The van der Waals surface area contributed by atoms with Crippen LogP contribution in [-0.4, -0.2) is 50.1 Å². The molecule has 2 aromatic heterocycles. The van der Waals surface area contributed by atoms with Crippen LogP contribution < -0.4 is 21.7 Å². The maximum Gasteiger partial charge on any atom is 0.405 e. The highest BCUT2D eigenvalue weighted by Gasteiger charge is 2.48. The number of nitrogens with zero attached hydrogens (tertiary/aromatic N) is 4. The van der Waals surface area contributed by atoms with Crippen LogP contribution >= 0.6 is 0 Å². The first-order chi connectivity index (χ1) is 17.6. The van der Waals surface area contributed by atoms with Gasteiger partial charge in [-0.3, -0.25) is 19.0 Å². The zero-order valence-electron chi connectivity index (χ0n) is 20.8. The average molecular weight is 523 g/mol. The van der Waals surface area contributed by atoms with E-state index in [4.69, 9.17) is 5.73 Å². The van der Waals surface area contributed by atoms with Crippen LogP contribution in [0.2, 0.25) is 0 Å². The van der Waals surface area contributed by atoms with E-state index in [9.17, 15) is 22.8 Å². The highest BCUT2D eigenvalue weighted by molar-refractivity contribution is 6.00. The van der Waals surface area contributed by atoms with E-state index in [-0.39, 0.29) is 36.0 Å². The van der Waals surface area contributed by atoms with Crippen molar-refractivity contribution in [3.63, 3.8) is 0 Å². The molecule has 0 spiro atoms. The zero-order chi connectivity index (χ0) is 26.7. The third-order valence-corrected chi connectivity index (χ3v) is 6.63. The Hall–Kier alpha value is -3.51. The van der Waals surface area contributed by atoms with Gasteiger partial charge in [-0.2, -0.15) is 23.4 Å². The first-order valence-corrected chi connectivity index (χ1v) is 12.4. The highest BCUT2D eigenvalue weighted by Crippen LogP contribution is 2.50. The quantitative estimate of drug-likeness (QED) is 0.339. The molecule has 37 heavy (non-hydrogen) atoms. The first kappa shape index (κ1) is 26.6. The van der Waals surface area contributed by atoms with E-state index < -0.39 is 18.8 Å². The van der Waals surface area contributed by atoms with Crippen LogP contribution in [0.1, 0.15) is 56.1 Å². The van der Waals surface area contributed by atoms with Crippen molar-refractivity contribution in [2.75, 3.05) is 11.9 Å². The van der Waals surface area contributed by atoms with Crippen molar-refractivity contribution in [2.24, 2.45) is 23.5 Å². The lowest BCUT2D eigenvalue weighted by molar-refractivity contribution is -0.123. The van der Waals surface area contributed by atoms with Crippen molar-refractivity contribution < 1.29 is 22.8 Å². The largest absolute Gasteiger partial charge is 0.405 e. The fourth-order valence-corrected chi connectivity index (χ4v) is 4.64. The third-order valence-electron chi connectivity index (χ3n) is 6.63. The molecule has 2 aliphatic rings. The van der Waals surface area contributed by atoms with Gasteiger partial charge in [-0.15, -0.1) is 0 Å². The van der Waals surface area contributed by atoms with Gasteiger partial charge < -0.3 is 21.7 Å². The molecule has 5 N–H and O–H groups in total. The Kier molecular flexibility index (Phi) is 7.79. The first-order valence-electron chi connectivity index (χ1n) is 12.4. The number of amides is 2. The van der Waals surface area contributed by atoms with E-state index in [2.05, 4.69) is 26.1 Å². The zero-order valence-corrected chi connectivity index (χ0v) is 20.8. The standard InChI is InChI=1S/C24H33F3N8O2/c1-14(2)35-19(7-8-30-35)22(36)33-21(20(15-3-4-15)16-5-6-16)23(37)32-18-10-31-34(12-18)11-17(9-28)29-13-24(25,26)27/h7-10,12,14-16,20-21,29H,3-6,11,13,28H2,1-2H3,(H,32,37)(H,33,36)/b17-9-. The molecule has 2 fully saturated rings. The molecule has 10 nitrogen and oxygen atoms in total. The molecule has 1 unspecified atom stereocenters. The molecule has 0 saturated heterocycles. The third kappa shape index (κ3) is 7.04. The van der Waals surface area contributed by atoms with Gasteiger partial charge in [-0.25, -0.2) is 0 Å². The molecule has 0 radical (unpaired) electrons. The molecule has 1 atom stereocenters. The smallest absolute Gasteiger partial charge is 0.403 e. The normalized spacial score (nSPS) is 17.2. The van der Waals surface area contributed by atoms with E-state index in [1.807, 2.05) is 13.8 Å². The molecule has 13 heteroatoms. The summed E-state index contributed by atoms with van der Waals surface area (Å²) in [5.41, 5.74) is 6.33. The molecule has 2 aliphatic carbocycles. The average Bonchev–Trinajstić information content (AvgIpc) is 3.75. The molecular weight excluding hydrogens is 489 g/mol. The minimum Gasteiger partial charge on any atom is -0.403 e. The van der Waals surface area contributed by atoms with Crippen molar-refractivity contribution in [3.8, 4) is 0 Å². The Morgan fingerprint density at radius 3 is 2.43 bits per heavy atom. The molecule has 2 heterocycles. The van der Waals surface area contributed by atoms with Gasteiger partial charge in [0.05, 0.1) is 18.4 Å². The summed E-state index contributed by atoms with van der Waals surface area (Å²) in [7, 11) is 0. The summed E-state index contributed by atoms with van der Waals surface area (Å²) >= 11 is 0. The fraction of sp³-hybridized carbons (Fsp3) is 0.583. The van der Waals surface area contributed by atoms with Gasteiger partial charge in [0.25, 0.3) is 5.91 Å². The molecule has 4 rings (SSSR count). The Bertz CT molecular complexity index is 1120. The van der Waals surface area contributed by atoms with Crippen LogP contribution in [-0.2, 0) is 11.3 Å². The number of hydrogen-bond donors (Lipinski definition) is 4. The van der Waals surface area contributed by atoms with E-state index in [0.29, 0.717) is 23.2 Å². The molecule has 0 bridgehead atoms. The summed E-state index contributed by atoms with van der Waals surface area (Å²) in [5.74, 6) is 0.100. The van der Waals surface area contributed by atoms with Crippen molar-refractivity contribution in [2.45, 2.75) is 64.3 Å². The minimum absolute atomic E-state index is 0.0189. The Labute approximate surface area is 212 Å². The predicted octanol–water partition coefficient (Wildman–Crippen LogP) is 2.79. The number of carbonyl (C=O) groups excluding carboxylic acids is 2. The predicted molar refractivity (Wildman–Crippen MR) is 130 cm³/mol. The van der Waals surface area contributed by atoms with Crippen LogP contribution in [0.3, 0.4) is 0 Å². The maximum atomic E-state index is 13.5. The van der Waals surface area contributed by atoms with Gasteiger partial charge in [0.2, 0.25) is 5.91 Å². The number of aromatic nitrogens is 4. The molecule has 2 saturated carbocycles.